The van der Waals surface area contributed by atoms with Crippen molar-refractivity contribution in [2.75, 3.05) is 19.0 Å². The van der Waals surface area contributed by atoms with Gasteiger partial charge >= 0.3 is 5.97 Å². The third-order valence-electron chi connectivity index (χ3n) is 4.05. The smallest absolute Gasteiger partial charge is 0.326 e. The molecule has 0 spiro atoms. The zero-order valence-corrected chi connectivity index (χ0v) is 14.2. The Morgan fingerprint density at radius 3 is 2.75 bits per heavy atom. The molecular weight excluding hydrogens is 334 g/mol. The number of carboxylic acid groups (broad SMARTS) is 1. The molecule has 2 atom stereocenters. The summed E-state index contributed by atoms with van der Waals surface area (Å²) in [6.45, 7) is 2.39. The predicted octanol–water partition coefficient (Wildman–Crippen LogP) is 1.09. The summed E-state index contributed by atoms with van der Waals surface area (Å²) < 4.78 is 29.1. The minimum Gasteiger partial charge on any atom is -0.480 e. The molecule has 7 nitrogen and oxygen atoms in total. The van der Waals surface area contributed by atoms with Crippen molar-refractivity contribution in [1.29, 1.82) is 0 Å². The average Bonchev–Trinajstić information content (AvgIpc) is 2.60. The van der Waals surface area contributed by atoms with Gasteiger partial charge in [0.05, 0.1) is 17.3 Å². The molecule has 2 unspecified atom stereocenters. The Kier molecular flexibility index (Phi) is 5.95. The van der Waals surface area contributed by atoms with Crippen LogP contribution in [0.3, 0.4) is 0 Å². The Morgan fingerprint density at radius 1 is 1.42 bits per heavy atom. The maximum Gasteiger partial charge on any atom is 0.326 e. The lowest BCUT2D eigenvalue weighted by atomic mass is 9.93. The van der Waals surface area contributed by atoms with Crippen LogP contribution in [0.2, 0.25) is 0 Å². The van der Waals surface area contributed by atoms with Crippen molar-refractivity contribution in [1.82, 2.24) is 5.32 Å². The molecule has 0 bridgehead atoms. The molecule has 0 saturated carbocycles. The van der Waals surface area contributed by atoms with Gasteiger partial charge < -0.3 is 15.2 Å². The molecule has 132 valence electrons. The summed E-state index contributed by atoms with van der Waals surface area (Å²) in [6, 6.07) is 4.55. The summed E-state index contributed by atoms with van der Waals surface area (Å²) in [4.78, 5) is 23.9. The highest BCUT2D eigenvalue weighted by molar-refractivity contribution is 7.91. The Bertz CT molecular complexity index is 709. The van der Waals surface area contributed by atoms with Crippen molar-refractivity contribution in [3.63, 3.8) is 0 Å². The topological polar surface area (TPSA) is 110 Å². The van der Waals surface area contributed by atoms with Crippen LogP contribution in [-0.4, -0.2) is 50.4 Å². The zero-order valence-electron chi connectivity index (χ0n) is 13.4. The van der Waals surface area contributed by atoms with Gasteiger partial charge in [-0.05, 0) is 31.0 Å². The summed E-state index contributed by atoms with van der Waals surface area (Å²) in [5.41, 5.74) is 0.118. The fourth-order valence-electron chi connectivity index (χ4n) is 2.63. The normalized spacial score (nSPS) is 19.5. The van der Waals surface area contributed by atoms with Crippen molar-refractivity contribution in [3.05, 3.63) is 29.8 Å². The van der Waals surface area contributed by atoms with Crippen LogP contribution in [0.25, 0.3) is 0 Å². The van der Waals surface area contributed by atoms with Gasteiger partial charge in [-0.15, -0.1) is 0 Å². The molecule has 0 aliphatic carbocycles. The summed E-state index contributed by atoms with van der Waals surface area (Å²) in [5, 5.41) is 11.9. The molecule has 24 heavy (non-hydrogen) atoms. The highest BCUT2D eigenvalue weighted by Gasteiger charge is 2.31. The second-order valence-electron chi connectivity index (χ2n) is 5.70. The van der Waals surface area contributed by atoms with Crippen molar-refractivity contribution in [2.24, 2.45) is 5.92 Å². The monoisotopic (exact) mass is 355 g/mol. The van der Waals surface area contributed by atoms with Gasteiger partial charge in [-0.3, -0.25) is 4.79 Å². The molecule has 1 saturated heterocycles. The van der Waals surface area contributed by atoms with E-state index in [-0.39, 0.29) is 28.7 Å². The zero-order chi connectivity index (χ0) is 17.7. The quantitative estimate of drug-likeness (QED) is 0.790. The molecule has 0 aromatic heterocycles. The number of hydrogen-bond donors (Lipinski definition) is 2. The van der Waals surface area contributed by atoms with Gasteiger partial charge in [0.2, 0.25) is 0 Å². The van der Waals surface area contributed by atoms with Crippen LogP contribution in [0, 0.1) is 5.92 Å². The SMILES string of the molecule is CCS(=O)(=O)c1cccc(C(=O)NC(C(=O)O)C2CCCOC2)c1. The number of aliphatic carboxylic acids is 1. The van der Waals surface area contributed by atoms with Gasteiger partial charge in [0.1, 0.15) is 6.04 Å². The maximum atomic E-state index is 12.4. The van der Waals surface area contributed by atoms with E-state index < -0.39 is 27.8 Å². The average molecular weight is 355 g/mol. The lowest BCUT2D eigenvalue weighted by Gasteiger charge is -2.28. The number of carboxylic acids is 1. The first-order valence-electron chi connectivity index (χ1n) is 7.79. The Labute approximate surface area is 140 Å². The van der Waals surface area contributed by atoms with Crippen LogP contribution in [-0.2, 0) is 19.4 Å². The number of nitrogens with one attached hydrogen (secondary N) is 1. The van der Waals surface area contributed by atoms with Crippen LogP contribution in [0.4, 0.5) is 0 Å². The van der Waals surface area contributed by atoms with E-state index in [2.05, 4.69) is 5.32 Å². The highest BCUT2D eigenvalue weighted by atomic mass is 32.2. The van der Waals surface area contributed by atoms with E-state index in [1.807, 2.05) is 0 Å². The van der Waals surface area contributed by atoms with Crippen LogP contribution in [0.15, 0.2) is 29.2 Å². The van der Waals surface area contributed by atoms with Crippen molar-refractivity contribution < 1.29 is 27.9 Å². The largest absolute Gasteiger partial charge is 0.480 e. The molecule has 1 aliphatic rings. The standard InChI is InChI=1S/C16H21NO6S/c1-2-24(21,22)13-7-3-5-11(9-13)15(18)17-14(16(19)20)12-6-4-8-23-10-12/h3,5,7,9,12,14H,2,4,6,8,10H2,1H3,(H,17,18)(H,19,20). The number of hydrogen-bond acceptors (Lipinski definition) is 5. The molecule has 2 rings (SSSR count). The van der Waals surface area contributed by atoms with Gasteiger partial charge in [0, 0.05) is 18.1 Å². The minimum absolute atomic E-state index is 0.0468. The second-order valence-corrected chi connectivity index (χ2v) is 7.98. The number of carbonyl (C=O) groups excluding carboxylic acids is 1. The Morgan fingerprint density at radius 2 is 2.17 bits per heavy atom. The first-order chi connectivity index (χ1) is 11.3. The van der Waals surface area contributed by atoms with Crippen molar-refractivity contribution in [3.8, 4) is 0 Å². The van der Waals surface area contributed by atoms with Crippen molar-refractivity contribution in [2.45, 2.75) is 30.7 Å². The van der Waals surface area contributed by atoms with E-state index in [1.165, 1.54) is 31.2 Å². The number of ether oxygens (including phenoxy) is 1. The first-order valence-corrected chi connectivity index (χ1v) is 9.44. The van der Waals surface area contributed by atoms with E-state index in [9.17, 15) is 23.1 Å². The number of carbonyl (C=O) groups is 2. The van der Waals surface area contributed by atoms with Crippen LogP contribution in [0.1, 0.15) is 30.1 Å². The van der Waals surface area contributed by atoms with Gasteiger partial charge in [-0.25, -0.2) is 13.2 Å². The second kappa shape index (κ2) is 7.76. The number of rotatable bonds is 6. The van der Waals surface area contributed by atoms with Gasteiger partial charge in [0.15, 0.2) is 9.84 Å². The fourth-order valence-corrected chi connectivity index (χ4v) is 3.56. The maximum absolute atomic E-state index is 12.4. The van der Waals surface area contributed by atoms with Gasteiger partial charge in [-0.2, -0.15) is 0 Å². The molecule has 8 heteroatoms. The van der Waals surface area contributed by atoms with Crippen LogP contribution in [0.5, 0.6) is 0 Å². The Hall–Kier alpha value is -1.93. The van der Waals surface area contributed by atoms with E-state index >= 15 is 0 Å². The number of sulfone groups is 1. The molecule has 1 aliphatic heterocycles. The van der Waals surface area contributed by atoms with Crippen LogP contribution < -0.4 is 5.32 Å². The predicted molar refractivity (Wildman–Crippen MR) is 86.6 cm³/mol. The van der Waals surface area contributed by atoms with Gasteiger partial charge in [0.25, 0.3) is 5.91 Å². The van der Waals surface area contributed by atoms with Crippen molar-refractivity contribution >= 4 is 21.7 Å². The third-order valence-corrected chi connectivity index (χ3v) is 5.79. The van der Waals surface area contributed by atoms with E-state index in [1.54, 1.807) is 0 Å². The number of benzene rings is 1. The molecular formula is C16H21NO6S. The van der Waals surface area contributed by atoms with Crippen LogP contribution >= 0.6 is 0 Å². The number of amides is 1. The molecule has 2 N–H and O–H groups in total. The third kappa shape index (κ3) is 4.33. The summed E-state index contributed by atoms with van der Waals surface area (Å²) in [7, 11) is -3.44. The summed E-state index contributed by atoms with van der Waals surface area (Å²) in [5.74, 6) is -2.12. The molecule has 1 heterocycles. The first kappa shape index (κ1) is 18.4. The fraction of sp³-hybridized carbons (Fsp3) is 0.500. The lowest BCUT2D eigenvalue weighted by Crippen LogP contribution is -2.48. The van der Waals surface area contributed by atoms with E-state index in [0.717, 1.165) is 6.42 Å². The molecule has 1 fully saturated rings. The summed E-state index contributed by atoms with van der Waals surface area (Å²) in [6.07, 6.45) is 1.40. The lowest BCUT2D eigenvalue weighted by molar-refractivity contribution is -0.142. The molecule has 1 aromatic rings. The molecule has 1 amide bonds. The minimum atomic E-state index is -3.44. The van der Waals surface area contributed by atoms with E-state index in [0.29, 0.717) is 13.0 Å². The van der Waals surface area contributed by atoms with Gasteiger partial charge in [-0.1, -0.05) is 13.0 Å². The molecule has 1 aromatic carbocycles. The summed E-state index contributed by atoms with van der Waals surface area (Å²) >= 11 is 0. The Balaban J connectivity index is 2.18. The van der Waals surface area contributed by atoms with E-state index in [4.69, 9.17) is 4.74 Å². The molecule has 0 radical (unpaired) electrons. The highest BCUT2D eigenvalue weighted by Crippen LogP contribution is 2.19.